The molecule has 2 aromatic heterocycles. The standard InChI is InChI=1S/C18H29N7S/c1-3-17-23-21-14-25(17)10-7-20-18(19-2)22-16-4-8-24(9-5-16)12-15-6-11-26-13-15/h6,11,13-14,16H,3-5,7-10,12H2,1-2H3,(H2,19,20,22). The zero-order valence-corrected chi connectivity index (χ0v) is 16.5. The minimum absolute atomic E-state index is 0.487. The van der Waals surface area contributed by atoms with Gasteiger partial charge in [-0.2, -0.15) is 11.3 Å². The Morgan fingerprint density at radius 1 is 1.38 bits per heavy atom. The number of piperidine rings is 1. The van der Waals surface area contributed by atoms with E-state index in [9.17, 15) is 0 Å². The topological polar surface area (TPSA) is 70.4 Å². The molecule has 3 heterocycles. The quantitative estimate of drug-likeness (QED) is 0.570. The van der Waals surface area contributed by atoms with Gasteiger partial charge in [0.15, 0.2) is 5.96 Å². The van der Waals surface area contributed by atoms with Crippen molar-refractivity contribution in [2.24, 2.45) is 4.99 Å². The first-order valence-corrected chi connectivity index (χ1v) is 10.3. The third-order valence-corrected chi connectivity index (χ3v) is 5.53. The highest BCUT2D eigenvalue weighted by Gasteiger charge is 2.20. The molecule has 0 bridgehead atoms. The molecule has 0 unspecified atom stereocenters. The van der Waals surface area contributed by atoms with Crippen molar-refractivity contribution in [3.8, 4) is 0 Å². The molecule has 142 valence electrons. The van der Waals surface area contributed by atoms with E-state index in [0.717, 1.165) is 63.8 Å². The van der Waals surface area contributed by atoms with Gasteiger partial charge >= 0.3 is 0 Å². The summed E-state index contributed by atoms with van der Waals surface area (Å²) < 4.78 is 2.09. The first kappa shape index (κ1) is 18.8. The van der Waals surface area contributed by atoms with E-state index in [1.165, 1.54) is 5.56 Å². The third-order valence-electron chi connectivity index (χ3n) is 4.80. The number of aryl methyl sites for hydroxylation is 1. The monoisotopic (exact) mass is 375 g/mol. The third kappa shape index (κ3) is 5.28. The predicted molar refractivity (Wildman–Crippen MR) is 107 cm³/mol. The number of guanidine groups is 1. The van der Waals surface area contributed by atoms with Gasteiger partial charge in [0, 0.05) is 52.2 Å². The van der Waals surface area contributed by atoms with E-state index >= 15 is 0 Å². The van der Waals surface area contributed by atoms with Crippen LogP contribution in [-0.4, -0.2) is 58.3 Å². The highest BCUT2D eigenvalue weighted by molar-refractivity contribution is 7.07. The first-order chi connectivity index (χ1) is 12.8. The van der Waals surface area contributed by atoms with Crippen LogP contribution in [0.4, 0.5) is 0 Å². The van der Waals surface area contributed by atoms with Crippen molar-refractivity contribution in [2.75, 3.05) is 26.7 Å². The van der Waals surface area contributed by atoms with Gasteiger partial charge in [0.1, 0.15) is 12.2 Å². The Bertz CT molecular complexity index is 672. The molecule has 0 atom stereocenters. The van der Waals surface area contributed by atoms with E-state index in [2.05, 4.69) is 59.0 Å². The number of thiophene rings is 1. The van der Waals surface area contributed by atoms with Crippen LogP contribution < -0.4 is 10.6 Å². The number of nitrogens with zero attached hydrogens (tertiary/aromatic N) is 5. The van der Waals surface area contributed by atoms with E-state index in [4.69, 9.17) is 0 Å². The predicted octanol–water partition coefficient (Wildman–Crippen LogP) is 1.73. The fraction of sp³-hybridized carbons (Fsp3) is 0.611. The van der Waals surface area contributed by atoms with E-state index in [1.807, 2.05) is 7.05 Å². The lowest BCUT2D eigenvalue weighted by atomic mass is 10.0. The molecule has 0 aliphatic carbocycles. The number of hydrogen-bond acceptors (Lipinski definition) is 5. The van der Waals surface area contributed by atoms with Gasteiger partial charge in [0.25, 0.3) is 0 Å². The lowest BCUT2D eigenvalue weighted by Gasteiger charge is -2.33. The summed E-state index contributed by atoms with van der Waals surface area (Å²) in [6.45, 7) is 7.08. The SMILES string of the molecule is CCc1nncn1CCNC(=NC)NC1CCN(Cc2ccsc2)CC1. The summed E-state index contributed by atoms with van der Waals surface area (Å²) in [6.07, 6.45) is 4.99. The van der Waals surface area contributed by atoms with Crippen molar-refractivity contribution in [1.82, 2.24) is 30.3 Å². The summed E-state index contributed by atoms with van der Waals surface area (Å²) in [6, 6.07) is 2.71. The summed E-state index contributed by atoms with van der Waals surface area (Å²) in [5.41, 5.74) is 1.43. The molecule has 1 aliphatic heterocycles. The maximum absolute atomic E-state index is 4.37. The Kier molecular flexibility index (Phi) is 7.02. The fourth-order valence-electron chi connectivity index (χ4n) is 3.30. The molecule has 0 saturated carbocycles. The van der Waals surface area contributed by atoms with Gasteiger partial charge in [-0.05, 0) is 35.2 Å². The smallest absolute Gasteiger partial charge is 0.191 e. The maximum atomic E-state index is 4.37. The van der Waals surface area contributed by atoms with E-state index in [0.29, 0.717) is 6.04 Å². The minimum atomic E-state index is 0.487. The Hall–Kier alpha value is -1.93. The Labute approximate surface area is 159 Å². The van der Waals surface area contributed by atoms with Crippen LogP contribution in [-0.2, 0) is 19.5 Å². The van der Waals surface area contributed by atoms with Crippen LogP contribution in [0, 0.1) is 0 Å². The Morgan fingerprint density at radius 2 is 2.23 bits per heavy atom. The maximum Gasteiger partial charge on any atom is 0.191 e. The molecule has 7 nitrogen and oxygen atoms in total. The van der Waals surface area contributed by atoms with Crippen molar-refractivity contribution in [2.45, 2.75) is 45.3 Å². The summed E-state index contributed by atoms with van der Waals surface area (Å²) in [5, 5.41) is 19.5. The lowest BCUT2D eigenvalue weighted by Crippen LogP contribution is -2.49. The molecule has 2 N–H and O–H groups in total. The van der Waals surface area contributed by atoms with Gasteiger partial charge in [-0.3, -0.25) is 9.89 Å². The van der Waals surface area contributed by atoms with Crippen molar-refractivity contribution >= 4 is 17.3 Å². The first-order valence-electron chi connectivity index (χ1n) is 9.35. The van der Waals surface area contributed by atoms with Crippen LogP contribution in [0.25, 0.3) is 0 Å². The molecule has 1 aliphatic rings. The molecule has 8 heteroatoms. The second-order valence-corrected chi connectivity index (χ2v) is 7.40. The summed E-state index contributed by atoms with van der Waals surface area (Å²) >= 11 is 1.78. The lowest BCUT2D eigenvalue weighted by molar-refractivity contribution is 0.198. The fourth-order valence-corrected chi connectivity index (χ4v) is 3.96. The molecular weight excluding hydrogens is 346 g/mol. The van der Waals surface area contributed by atoms with Crippen molar-refractivity contribution in [3.05, 3.63) is 34.5 Å². The summed E-state index contributed by atoms with van der Waals surface area (Å²) in [7, 11) is 1.83. The van der Waals surface area contributed by atoms with Crippen molar-refractivity contribution < 1.29 is 0 Å². The summed E-state index contributed by atoms with van der Waals surface area (Å²) in [5.74, 6) is 1.90. The number of likely N-dealkylation sites (tertiary alicyclic amines) is 1. The van der Waals surface area contributed by atoms with Crippen LogP contribution in [0.3, 0.4) is 0 Å². The van der Waals surface area contributed by atoms with E-state index in [1.54, 1.807) is 17.7 Å². The zero-order valence-electron chi connectivity index (χ0n) is 15.7. The van der Waals surface area contributed by atoms with Gasteiger partial charge in [-0.15, -0.1) is 10.2 Å². The van der Waals surface area contributed by atoms with Crippen LogP contribution in [0.15, 0.2) is 28.1 Å². The van der Waals surface area contributed by atoms with E-state index in [-0.39, 0.29) is 0 Å². The summed E-state index contributed by atoms with van der Waals surface area (Å²) in [4.78, 5) is 6.90. The molecule has 1 fully saturated rings. The molecular formula is C18H29N7S. The van der Waals surface area contributed by atoms with Crippen molar-refractivity contribution in [3.63, 3.8) is 0 Å². The normalized spacial score (nSPS) is 16.8. The number of aromatic nitrogens is 3. The minimum Gasteiger partial charge on any atom is -0.355 e. The van der Waals surface area contributed by atoms with Crippen LogP contribution in [0.5, 0.6) is 0 Å². The molecule has 1 saturated heterocycles. The molecule has 0 spiro atoms. The van der Waals surface area contributed by atoms with Gasteiger partial charge < -0.3 is 15.2 Å². The van der Waals surface area contributed by atoms with Crippen molar-refractivity contribution in [1.29, 1.82) is 0 Å². The second kappa shape index (κ2) is 9.68. The highest BCUT2D eigenvalue weighted by atomic mass is 32.1. The molecule has 3 rings (SSSR count). The number of aliphatic imine (C=N–C) groups is 1. The van der Waals surface area contributed by atoms with Crippen LogP contribution in [0.1, 0.15) is 31.2 Å². The number of rotatable bonds is 7. The highest BCUT2D eigenvalue weighted by Crippen LogP contribution is 2.15. The van der Waals surface area contributed by atoms with E-state index < -0.39 is 0 Å². The molecule has 0 radical (unpaired) electrons. The Morgan fingerprint density at radius 3 is 2.92 bits per heavy atom. The largest absolute Gasteiger partial charge is 0.355 e. The van der Waals surface area contributed by atoms with Gasteiger partial charge in [-0.1, -0.05) is 6.92 Å². The van der Waals surface area contributed by atoms with Gasteiger partial charge in [0.2, 0.25) is 0 Å². The van der Waals surface area contributed by atoms with Gasteiger partial charge in [-0.25, -0.2) is 0 Å². The zero-order chi connectivity index (χ0) is 18.2. The van der Waals surface area contributed by atoms with Gasteiger partial charge in [0.05, 0.1) is 0 Å². The van der Waals surface area contributed by atoms with Crippen LogP contribution in [0.2, 0.25) is 0 Å². The molecule has 0 aromatic carbocycles. The molecule has 2 aromatic rings. The number of nitrogens with one attached hydrogen (secondary N) is 2. The number of hydrogen-bond donors (Lipinski definition) is 2. The molecule has 26 heavy (non-hydrogen) atoms. The van der Waals surface area contributed by atoms with Crippen LogP contribution >= 0.6 is 11.3 Å². The Balaban J connectivity index is 1.37. The average molecular weight is 376 g/mol. The second-order valence-electron chi connectivity index (χ2n) is 6.62. The average Bonchev–Trinajstić information content (AvgIpc) is 3.34. The molecule has 0 amide bonds.